The molecule has 2 aromatic heterocycles. The molecule has 0 unspecified atom stereocenters. The Morgan fingerprint density at radius 2 is 1.88 bits per heavy atom. The number of aromatic amines is 1. The minimum Gasteiger partial charge on any atom is -0.460 e. The fourth-order valence-electron chi connectivity index (χ4n) is 3.11. The van der Waals surface area contributed by atoms with E-state index in [4.69, 9.17) is 4.74 Å². The van der Waals surface area contributed by atoms with Crippen LogP contribution < -0.4 is 4.68 Å². The normalized spacial score (nSPS) is 11.0. The molecule has 6 nitrogen and oxygen atoms in total. The van der Waals surface area contributed by atoms with Gasteiger partial charge in [0.2, 0.25) is 11.3 Å². The van der Waals surface area contributed by atoms with E-state index in [9.17, 15) is 9.59 Å². The summed E-state index contributed by atoms with van der Waals surface area (Å²) in [6, 6.07) is 9.70. The third-order valence-electron chi connectivity index (χ3n) is 4.11. The molecular formula is C18H20N3O3+. The summed E-state index contributed by atoms with van der Waals surface area (Å²) >= 11 is 0. The van der Waals surface area contributed by atoms with Crippen LogP contribution in [0.1, 0.15) is 46.1 Å². The summed E-state index contributed by atoms with van der Waals surface area (Å²) in [6.45, 7) is 7.21. The van der Waals surface area contributed by atoms with Crippen molar-refractivity contribution in [2.75, 3.05) is 6.61 Å². The third-order valence-corrected chi connectivity index (χ3v) is 4.11. The highest BCUT2D eigenvalue weighted by Crippen LogP contribution is 2.24. The van der Waals surface area contributed by atoms with Gasteiger partial charge in [0.1, 0.15) is 0 Å². The van der Waals surface area contributed by atoms with Gasteiger partial charge >= 0.3 is 5.97 Å². The fourth-order valence-corrected chi connectivity index (χ4v) is 3.11. The minimum absolute atomic E-state index is 0.0954. The van der Waals surface area contributed by atoms with E-state index >= 15 is 0 Å². The summed E-state index contributed by atoms with van der Waals surface area (Å²) in [4.78, 5) is 24.6. The van der Waals surface area contributed by atoms with E-state index in [-0.39, 0.29) is 12.4 Å². The molecule has 24 heavy (non-hydrogen) atoms. The predicted octanol–water partition coefficient (Wildman–Crippen LogP) is 2.54. The largest absolute Gasteiger partial charge is 0.460 e. The molecule has 6 heteroatoms. The van der Waals surface area contributed by atoms with Crippen LogP contribution in [-0.2, 0) is 4.74 Å². The molecule has 0 bridgehead atoms. The average Bonchev–Trinajstić information content (AvgIpc) is 3.02. The summed E-state index contributed by atoms with van der Waals surface area (Å²) < 4.78 is 8.80. The lowest BCUT2D eigenvalue weighted by Crippen LogP contribution is -2.36. The molecule has 0 saturated heterocycles. The Morgan fingerprint density at radius 1 is 1.21 bits per heavy atom. The molecule has 0 aliphatic heterocycles. The Labute approximate surface area is 139 Å². The molecule has 2 heterocycles. The molecule has 0 aliphatic carbocycles. The predicted molar refractivity (Wildman–Crippen MR) is 88.7 cm³/mol. The first-order chi connectivity index (χ1) is 11.5. The van der Waals surface area contributed by atoms with Gasteiger partial charge < -0.3 is 4.74 Å². The lowest BCUT2D eigenvalue weighted by atomic mass is 10.1. The van der Waals surface area contributed by atoms with Crippen molar-refractivity contribution in [2.45, 2.75) is 27.7 Å². The number of hydrogen-bond acceptors (Lipinski definition) is 3. The number of carbonyl (C=O) groups excluding carboxylic acids is 2. The van der Waals surface area contributed by atoms with Gasteiger partial charge in [0, 0.05) is 12.5 Å². The zero-order chi connectivity index (χ0) is 17.4. The van der Waals surface area contributed by atoms with E-state index in [1.54, 1.807) is 18.2 Å². The number of H-pyrrole nitrogens is 1. The minimum atomic E-state index is -0.431. The highest BCUT2D eigenvalue weighted by atomic mass is 16.5. The summed E-state index contributed by atoms with van der Waals surface area (Å²) in [7, 11) is 0. The van der Waals surface area contributed by atoms with Crippen molar-refractivity contribution in [3.63, 3.8) is 0 Å². The zero-order valence-corrected chi connectivity index (χ0v) is 14.2. The zero-order valence-electron chi connectivity index (χ0n) is 14.2. The van der Waals surface area contributed by atoms with Gasteiger partial charge in [-0.05, 0) is 32.9 Å². The van der Waals surface area contributed by atoms with Crippen LogP contribution in [0.25, 0.3) is 11.3 Å². The molecule has 1 aromatic carbocycles. The van der Waals surface area contributed by atoms with Crippen LogP contribution in [-0.4, -0.2) is 27.9 Å². The molecule has 3 aromatic rings. The SMILES string of the molecule is CCOC(=O)c1c(C)c(C(C)=O)c2[nH][n+](-c3ccccc3)c(C)n12. The number of rotatable bonds is 4. The maximum absolute atomic E-state index is 12.4. The van der Waals surface area contributed by atoms with Crippen LogP contribution in [0.5, 0.6) is 0 Å². The van der Waals surface area contributed by atoms with E-state index in [0.29, 0.717) is 22.5 Å². The van der Waals surface area contributed by atoms with E-state index in [1.165, 1.54) is 6.92 Å². The summed E-state index contributed by atoms with van der Waals surface area (Å²) in [5.74, 6) is 0.261. The van der Waals surface area contributed by atoms with E-state index in [2.05, 4.69) is 5.10 Å². The molecule has 0 radical (unpaired) electrons. The number of nitrogens with one attached hydrogen (secondary N) is 1. The molecule has 0 spiro atoms. The number of Topliss-reactive ketones (excluding diaryl/α,β-unsaturated/α-hetero) is 1. The van der Waals surface area contributed by atoms with Crippen LogP contribution in [0.2, 0.25) is 0 Å². The molecule has 124 valence electrons. The quantitative estimate of drug-likeness (QED) is 0.455. The van der Waals surface area contributed by atoms with Crippen molar-refractivity contribution in [2.24, 2.45) is 0 Å². The van der Waals surface area contributed by atoms with Crippen molar-refractivity contribution in [3.05, 3.63) is 53.0 Å². The Morgan fingerprint density at radius 3 is 2.46 bits per heavy atom. The maximum Gasteiger partial charge on any atom is 0.379 e. The van der Waals surface area contributed by atoms with Crippen LogP contribution in [0, 0.1) is 13.8 Å². The number of carbonyl (C=O) groups is 2. The molecule has 0 saturated carbocycles. The molecular weight excluding hydrogens is 306 g/mol. The number of ether oxygens (including phenoxy) is 1. The lowest BCUT2D eigenvalue weighted by molar-refractivity contribution is -0.662. The molecule has 0 amide bonds. The van der Waals surface area contributed by atoms with E-state index < -0.39 is 5.97 Å². The van der Waals surface area contributed by atoms with Crippen molar-refractivity contribution in [3.8, 4) is 5.69 Å². The average molecular weight is 326 g/mol. The summed E-state index contributed by atoms with van der Waals surface area (Å²) in [6.07, 6.45) is 0. The smallest absolute Gasteiger partial charge is 0.379 e. The molecule has 0 atom stereocenters. The molecule has 0 fully saturated rings. The second-order valence-electron chi connectivity index (χ2n) is 5.64. The number of ketones is 1. The first kappa shape index (κ1) is 16.0. The molecule has 1 N–H and O–H groups in total. The second-order valence-corrected chi connectivity index (χ2v) is 5.64. The van der Waals surface area contributed by atoms with Crippen LogP contribution >= 0.6 is 0 Å². The highest BCUT2D eigenvalue weighted by molar-refractivity contribution is 6.05. The number of aryl methyl sites for hydroxylation is 1. The number of fused-ring (bicyclic) bond motifs is 1. The standard InChI is InChI=1S/C18H19N3O3/c1-5-24-18(23)16-11(2)15(12(3)22)17-19-21(13(4)20(16)17)14-9-7-6-8-10-14/h6-10H,5H2,1-4H3/p+1. The molecule has 3 rings (SSSR count). The number of para-hydroxylation sites is 1. The van der Waals surface area contributed by atoms with Crippen molar-refractivity contribution in [1.82, 2.24) is 9.50 Å². The van der Waals surface area contributed by atoms with Gasteiger partial charge in [0.15, 0.2) is 11.5 Å². The monoisotopic (exact) mass is 326 g/mol. The first-order valence-electron chi connectivity index (χ1n) is 7.86. The number of hydrogen-bond donors (Lipinski definition) is 1. The van der Waals surface area contributed by atoms with Crippen molar-refractivity contribution < 1.29 is 19.0 Å². The van der Waals surface area contributed by atoms with Gasteiger partial charge in [-0.25, -0.2) is 4.79 Å². The topological polar surface area (TPSA) is 67.5 Å². The van der Waals surface area contributed by atoms with E-state index in [1.807, 2.05) is 41.9 Å². The van der Waals surface area contributed by atoms with Crippen molar-refractivity contribution in [1.29, 1.82) is 0 Å². The summed E-state index contributed by atoms with van der Waals surface area (Å²) in [5, 5.41) is 3.24. The number of nitrogens with zero attached hydrogens (tertiary/aromatic N) is 2. The number of aromatic nitrogens is 3. The maximum atomic E-state index is 12.4. The van der Waals surface area contributed by atoms with E-state index in [0.717, 1.165) is 11.5 Å². The van der Waals surface area contributed by atoms with Gasteiger partial charge in [-0.3, -0.25) is 4.79 Å². The van der Waals surface area contributed by atoms with Crippen LogP contribution in [0.3, 0.4) is 0 Å². The Bertz CT molecular complexity index is 936. The van der Waals surface area contributed by atoms with Gasteiger partial charge in [0.05, 0.1) is 12.2 Å². The molecule has 0 aliphatic rings. The van der Waals surface area contributed by atoms with Gasteiger partial charge in [-0.15, -0.1) is 4.68 Å². The second kappa shape index (κ2) is 5.96. The number of benzene rings is 1. The van der Waals surface area contributed by atoms with Gasteiger partial charge in [0.25, 0.3) is 5.82 Å². The Kier molecular flexibility index (Phi) is 3.97. The Hall–Kier alpha value is -2.89. The Balaban J connectivity index is 2.35. The first-order valence-corrected chi connectivity index (χ1v) is 7.86. The van der Waals surface area contributed by atoms with Crippen LogP contribution in [0.4, 0.5) is 0 Å². The van der Waals surface area contributed by atoms with Gasteiger partial charge in [-0.1, -0.05) is 18.2 Å². The fraction of sp³-hybridized carbons (Fsp3) is 0.278. The van der Waals surface area contributed by atoms with Crippen molar-refractivity contribution >= 4 is 17.4 Å². The number of esters is 1. The summed E-state index contributed by atoms with van der Waals surface area (Å²) in [5.41, 5.74) is 3.05. The lowest BCUT2D eigenvalue weighted by Gasteiger charge is -2.01. The third kappa shape index (κ3) is 2.31. The highest BCUT2D eigenvalue weighted by Gasteiger charge is 2.33. The van der Waals surface area contributed by atoms with Gasteiger partial charge in [-0.2, -0.15) is 9.50 Å². The van der Waals surface area contributed by atoms with Crippen LogP contribution in [0.15, 0.2) is 30.3 Å².